The number of sulfonamides is 1. The number of alkyl halides is 6. The van der Waals surface area contributed by atoms with Gasteiger partial charge in [-0.1, -0.05) is 35.4 Å². The maximum atomic E-state index is 13.1. The number of anilines is 3. The summed E-state index contributed by atoms with van der Waals surface area (Å²) in [7, 11) is 6.48. The average Bonchev–Trinajstić information content (AvgIpc) is 3.50. The second-order valence-corrected chi connectivity index (χ2v) is 20.1. The third-order valence-corrected chi connectivity index (χ3v) is 11.9. The van der Waals surface area contributed by atoms with Crippen molar-refractivity contribution in [1.29, 1.82) is 0 Å². The predicted molar refractivity (Wildman–Crippen MR) is 197 cm³/mol. The van der Waals surface area contributed by atoms with E-state index in [1.807, 2.05) is 0 Å². The van der Waals surface area contributed by atoms with Gasteiger partial charge in [0.15, 0.2) is 0 Å². The van der Waals surface area contributed by atoms with Gasteiger partial charge in [0.1, 0.15) is 0 Å². The number of non-ortho nitro benzene ring substituents is 1. The van der Waals surface area contributed by atoms with Crippen LogP contribution in [0.25, 0.3) is 0 Å². The molecule has 1 heterocycles. The summed E-state index contributed by atoms with van der Waals surface area (Å²) in [4.78, 5) is 14.1. The average molecular weight is 906 g/mol. The molecule has 0 N–H and O–H groups in total. The van der Waals surface area contributed by atoms with Crippen LogP contribution in [0.4, 0.5) is 49.1 Å². The van der Waals surface area contributed by atoms with E-state index in [4.69, 9.17) is 19.4 Å². The molecule has 0 aromatic heterocycles. The van der Waals surface area contributed by atoms with Crippen LogP contribution in [0, 0.1) is 58.3 Å². The van der Waals surface area contributed by atoms with Gasteiger partial charge in [-0.05, 0) is 63.8 Å². The second-order valence-electron chi connectivity index (χ2n) is 12.6. The number of nitro benzene ring substituents is 1. The zero-order valence-electron chi connectivity index (χ0n) is 29.6. The van der Waals surface area contributed by atoms with Gasteiger partial charge < -0.3 is 9.80 Å². The molecule has 54 heavy (non-hydrogen) atoms. The molecule has 294 valence electrons. The number of nitro groups is 1. The van der Waals surface area contributed by atoms with Gasteiger partial charge in [-0.3, -0.25) is 0 Å². The Labute approximate surface area is 322 Å². The number of benzene rings is 4. The summed E-state index contributed by atoms with van der Waals surface area (Å²) >= 11 is -3.11. The fourth-order valence-corrected chi connectivity index (χ4v) is 10.5. The zero-order chi connectivity index (χ0) is 40.5. The van der Waals surface area contributed by atoms with Crippen molar-refractivity contribution in [2.24, 2.45) is 0 Å². The van der Waals surface area contributed by atoms with Crippen LogP contribution in [0.2, 0.25) is 0 Å². The van der Waals surface area contributed by atoms with Crippen molar-refractivity contribution in [2.45, 2.75) is 58.8 Å². The van der Waals surface area contributed by atoms with Crippen molar-refractivity contribution in [1.82, 2.24) is 0 Å². The van der Waals surface area contributed by atoms with Gasteiger partial charge in [-0.15, -0.1) is 0 Å². The maximum absolute atomic E-state index is 13.1. The van der Waals surface area contributed by atoms with Crippen molar-refractivity contribution < 1.29 is 53.2 Å². The molecule has 1 aliphatic rings. The standard InChI is InChI=1S/C21H27N2.C15H8F6N2O4S.2ClH.Ru/c1-14-9-16(3)20(17(4)10-14)22-7-8-23(13-22)21-18(5)11-15(2)12-19(21)6;1-22(28(26,27)13-4-2-11(3-5-13)23(24)25)12-7-9(14(16,17)18)6-10(8-12)15(19,20)21;;;/h9-13H,7-8H2,1-6H3;1-8H;2*1H;/q-1;;;;+2/p-2. The van der Waals surface area contributed by atoms with Crippen LogP contribution in [0.15, 0.2) is 71.6 Å². The number of halogens is 8. The molecular weight excluding hydrogens is 870 g/mol. The number of hydrogen-bond acceptors (Lipinski definition) is 6. The van der Waals surface area contributed by atoms with E-state index in [1.54, 1.807) is 0 Å². The van der Waals surface area contributed by atoms with Gasteiger partial charge in [0.05, 0.1) is 0 Å². The van der Waals surface area contributed by atoms with E-state index in [0.717, 1.165) is 37.4 Å². The summed E-state index contributed by atoms with van der Waals surface area (Å²) in [6.07, 6.45) is -10.4. The van der Waals surface area contributed by atoms with E-state index >= 15 is 0 Å². The summed E-state index contributed by atoms with van der Waals surface area (Å²) in [6.45, 7) is 17.6. The summed E-state index contributed by atoms with van der Waals surface area (Å²) in [5.41, 5.74) is 5.83. The molecule has 0 aliphatic carbocycles. The van der Waals surface area contributed by atoms with E-state index in [9.17, 15) is 44.9 Å². The Morgan fingerprint density at radius 3 is 1.46 bits per heavy atom. The first-order valence-electron chi connectivity index (χ1n) is 15.9. The number of hydrogen-bond donors (Lipinski definition) is 0. The van der Waals surface area contributed by atoms with Crippen molar-refractivity contribution >= 4 is 56.9 Å². The first-order chi connectivity index (χ1) is 24.9. The Kier molecular flexibility index (Phi) is 13.2. The number of rotatable bonds is 7. The molecule has 5 rings (SSSR count). The van der Waals surface area contributed by atoms with E-state index < -0.39 is 68.2 Å². The van der Waals surface area contributed by atoms with Crippen LogP contribution >= 0.6 is 19.4 Å². The molecule has 0 spiro atoms. The molecule has 0 radical (unpaired) electrons. The summed E-state index contributed by atoms with van der Waals surface area (Å²) in [5, 5.41) is 10.7. The monoisotopic (exact) mass is 905 g/mol. The van der Waals surface area contributed by atoms with E-state index in [2.05, 4.69) is 82.3 Å². The Bertz CT molecular complexity index is 2050. The molecule has 1 aliphatic heterocycles. The van der Waals surface area contributed by atoms with Crippen LogP contribution in [-0.4, -0.2) is 31.2 Å². The molecule has 18 heteroatoms. The Hall–Kier alpha value is -3.72. The van der Waals surface area contributed by atoms with Crippen molar-refractivity contribution in [3.8, 4) is 0 Å². The molecule has 0 saturated carbocycles. The topological polar surface area (TPSA) is 87.0 Å². The van der Waals surface area contributed by atoms with E-state index in [0.29, 0.717) is 4.73 Å². The minimum atomic E-state index is -5.22. The molecule has 0 bridgehead atoms. The fourth-order valence-electron chi connectivity index (χ4n) is 6.31. The Morgan fingerprint density at radius 1 is 0.741 bits per heavy atom. The van der Waals surface area contributed by atoms with Crippen LogP contribution in [-0.2, 0) is 35.9 Å². The Balaban J connectivity index is 0.000000251. The van der Waals surface area contributed by atoms with Crippen LogP contribution < -0.4 is 14.1 Å². The first-order valence-corrected chi connectivity index (χ1v) is 22.8. The third kappa shape index (κ3) is 10.1. The summed E-state index contributed by atoms with van der Waals surface area (Å²) in [6, 6.07) is 12.5. The van der Waals surface area contributed by atoms with Gasteiger partial charge >= 0.3 is 184 Å². The molecule has 0 amide bonds. The SMILES string of the molecule is Cc1cc(C)c(N2[CH-]N(c3c(C)cc(C)cc3C)CC2)c(C)c1.O=[N+]([O-])c1ccc(S(=O)(=O)N([CH]=[Ru]([Cl])[Cl])c2cc(C(F)(F)F)cc(C(F)(F)F)c2)cc1. The molecule has 4 aromatic rings. The molecule has 0 unspecified atom stereocenters. The molecular formula is C36H35Cl2F6N4O4RuS-. The van der Waals surface area contributed by atoms with Crippen molar-refractivity contribution in [2.75, 3.05) is 27.2 Å². The molecule has 4 aromatic carbocycles. The van der Waals surface area contributed by atoms with E-state index in [1.165, 1.54) is 44.8 Å². The van der Waals surface area contributed by atoms with E-state index in [-0.39, 0.29) is 22.5 Å². The van der Waals surface area contributed by atoms with Crippen LogP contribution in [0.5, 0.6) is 0 Å². The first kappa shape index (κ1) is 43.0. The molecule has 8 nitrogen and oxygen atoms in total. The summed E-state index contributed by atoms with van der Waals surface area (Å²) in [5.74, 6) is 0. The van der Waals surface area contributed by atoms with Gasteiger partial charge in [0.25, 0.3) is 0 Å². The molecule has 1 fully saturated rings. The van der Waals surface area contributed by atoms with Crippen molar-refractivity contribution in [3.63, 3.8) is 0 Å². The van der Waals surface area contributed by atoms with Gasteiger partial charge in [0, 0.05) is 24.5 Å². The Morgan fingerprint density at radius 2 is 1.13 bits per heavy atom. The van der Waals surface area contributed by atoms with Crippen LogP contribution in [0.3, 0.4) is 0 Å². The fraction of sp³-hybridized carbons (Fsp3) is 0.278. The van der Waals surface area contributed by atoms with Gasteiger partial charge in [-0.2, -0.15) is 6.67 Å². The van der Waals surface area contributed by atoms with Crippen molar-refractivity contribution in [3.05, 3.63) is 128 Å². The predicted octanol–water partition coefficient (Wildman–Crippen LogP) is 10.5. The van der Waals surface area contributed by atoms with Gasteiger partial charge in [0.2, 0.25) is 0 Å². The zero-order valence-corrected chi connectivity index (χ0v) is 33.7. The summed E-state index contributed by atoms with van der Waals surface area (Å²) < 4.78 is 105. The second kappa shape index (κ2) is 16.6. The normalized spacial score (nSPS) is 13.7. The van der Waals surface area contributed by atoms with Gasteiger partial charge in [-0.25, -0.2) is 0 Å². The third-order valence-electron chi connectivity index (χ3n) is 8.29. The number of nitrogens with zero attached hydrogens (tertiary/aromatic N) is 4. The number of aryl methyl sites for hydroxylation is 6. The minimum absolute atomic E-state index is 0.109. The molecule has 0 atom stereocenters. The van der Waals surface area contributed by atoms with Crippen LogP contribution in [0.1, 0.15) is 44.5 Å². The molecule has 1 saturated heterocycles. The quantitative estimate of drug-likeness (QED) is 0.0604.